The molecule has 0 amide bonds. The molecular weight excluding hydrogens is 262 g/mol. The molecule has 19 heavy (non-hydrogen) atoms. The highest BCUT2D eigenvalue weighted by Gasteiger charge is 2.34. The van der Waals surface area contributed by atoms with Crippen molar-refractivity contribution in [2.24, 2.45) is 0 Å². The van der Waals surface area contributed by atoms with Crippen LogP contribution < -0.4 is 5.32 Å². The van der Waals surface area contributed by atoms with Crippen LogP contribution in [0.1, 0.15) is 5.56 Å². The van der Waals surface area contributed by atoms with E-state index in [2.05, 4.69) is 15.5 Å². The fourth-order valence-corrected chi connectivity index (χ4v) is 1.52. The fourth-order valence-electron chi connectivity index (χ4n) is 1.52. The molecule has 7 heteroatoms. The standard InChI is InChI=1S/C12H9F4N3/c1-17-11-5-4-10(18-19-11)7-2-3-9(13)8(6-7)12(14,15)16/h2-6H,1H3,(H,17,19). The Hall–Kier alpha value is -2.18. The summed E-state index contributed by atoms with van der Waals surface area (Å²) >= 11 is 0. The van der Waals surface area contributed by atoms with Gasteiger partial charge in [-0.2, -0.15) is 13.2 Å². The van der Waals surface area contributed by atoms with Gasteiger partial charge in [0, 0.05) is 12.6 Å². The highest BCUT2D eigenvalue weighted by molar-refractivity contribution is 5.60. The smallest absolute Gasteiger partial charge is 0.372 e. The van der Waals surface area contributed by atoms with Crippen molar-refractivity contribution >= 4 is 5.82 Å². The molecule has 1 aromatic heterocycles. The molecule has 0 aliphatic carbocycles. The van der Waals surface area contributed by atoms with Crippen molar-refractivity contribution in [1.29, 1.82) is 0 Å². The van der Waals surface area contributed by atoms with Gasteiger partial charge in [-0.3, -0.25) is 0 Å². The van der Waals surface area contributed by atoms with Crippen LogP contribution in [0.3, 0.4) is 0 Å². The lowest BCUT2D eigenvalue weighted by molar-refractivity contribution is -0.139. The van der Waals surface area contributed by atoms with Crippen LogP contribution in [-0.4, -0.2) is 17.2 Å². The van der Waals surface area contributed by atoms with Gasteiger partial charge < -0.3 is 5.32 Å². The van der Waals surface area contributed by atoms with E-state index in [-0.39, 0.29) is 11.3 Å². The topological polar surface area (TPSA) is 37.8 Å². The average Bonchev–Trinajstić information content (AvgIpc) is 2.38. The second-order valence-electron chi connectivity index (χ2n) is 3.75. The molecule has 100 valence electrons. The summed E-state index contributed by atoms with van der Waals surface area (Å²) in [7, 11) is 1.64. The Bertz CT molecular complexity index is 579. The van der Waals surface area contributed by atoms with Crippen LogP contribution in [0.15, 0.2) is 30.3 Å². The number of hydrogen-bond donors (Lipinski definition) is 1. The van der Waals surface area contributed by atoms with Crippen LogP contribution in [0, 0.1) is 5.82 Å². The van der Waals surface area contributed by atoms with E-state index in [1.807, 2.05) is 0 Å². The number of aromatic nitrogens is 2. The molecule has 0 saturated heterocycles. The molecule has 0 aliphatic rings. The summed E-state index contributed by atoms with van der Waals surface area (Å²) in [6.07, 6.45) is -4.74. The van der Waals surface area contributed by atoms with E-state index in [4.69, 9.17) is 0 Å². The quantitative estimate of drug-likeness (QED) is 0.851. The third kappa shape index (κ3) is 2.81. The minimum absolute atomic E-state index is 0.156. The van der Waals surface area contributed by atoms with E-state index in [0.717, 1.165) is 12.1 Å². The summed E-state index contributed by atoms with van der Waals surface area (Å²) in [5.41, 5.74) is -0.919. The van der Waals surface area contributed by atoms with Crippen molar-refractivity contribution in [3.8, 4) is 11.3 Å². The van der Waals surface area contributed by atoms with E-state index < -0.39 is 17.6 Å². The molecule has 1 aromatic carbocycles. The van der Waals surface area contributed by atoms with Gasteiger partial charge in [-0.05, 0) is 30.3 Å². The number of halogens is 4. The molecule has 0 saturated carbocycles. The van der Waals surface area contributed by atoms with Crippen molar-refractivity contribution in [2.75, 3.05) is 12.4 Å². The number of nitrogens with one attached hydrogen (secondary N) is 1. The molecule has 2 rings (SSSR count). The van der Waals surface area contributed by atoms with Gasteiger partial charge in [0.15, 0.2) is 0 Å². The molecule has 3 nitrogen and oxygen atoms in total. The fraction of sp³-hybridized carbons (Fsp3) is 0.167. The Balaban J connectivity index is 2.45. The Kier molecular flexibility index (Phi) is 3.37. The monoisotopic (exact) mass is 271 g/mol. The van der Waals surface area contributed by atoms with Gasteiger partial charge in [0.2, 0.25) is 0 Å². The van der Waals surface area contributed by atoms with Crippen molar-refractivity contribution in [3.63, 3.8) is 0 Å². The van der Waals surface area contributed by atoms with Gasteiger partial charge in [-0.1, -0.05) is 0 Å². The largest absolute Gasteiger partial charge is 0.419 e. The first-order chi connectivity index (χ1) is 8.91. The van der Waals surface area contributed by atoms with Crippen molar-refractivity contribution in [1.82, 2.24) is 10.2 Å². The summed E-state index contributed by atoms with van der Waals surface area (Å²) < 4.78 is 50.9. The van der Waals surface area contributed by atoms with Gasteiger partial charge in [0.1, 0.15) is 11.6 Å². The second kappa shape index (κ2) is 4.83. The molecule has 0 bridgehead atoms. The predicted octanol–water partition coefficient (Wildman–Crippen LogP) is 3.34. The number of nitrogens with zero attached hydrogens (tertiary/aromatic N) is 2. The molecule has 1 N–H and O–H groups in total. The molecular formula is C12H9F4N3. The molecule has 0 aliphatic heterocycles. The average molecular weight is 271 g/mol. The lowest BCUT2D eigenvalue weighted by Crippen LogP contribution is -2.08. The van der Waals surface area contributed by atoms with Crippen LogP contribution in [0.4, 0.5) is 23.4 Å². The molecule has 1 heterocycles. The molecule has 0 fully saturated rings. The molecule has 0 atom stereocenters. The van der Waals surface area contributed by atoms with Gasteiger partial charge in [-0.15, -0.1) is 10.2 Å². The molecule has 2 aromatic rings. The minimum Gasteiger partial charge on any atom is -0.372 e. The lowest BCUT2D eigenvalue weighted by Gasteiger charge is -2.09. The first kappa shape index (κ1) is 13.3. The normalized spacial score (nSPS) is 11.4. The zero-order chi connectivity index (χ0) is 14.0. The van der Waals surface area contributed by atoms with Gasteiger partial charge >= 0.3 is 6.18 Å². The van der Waals surface area contributed by atoms with Gasteiger partial charge in [-0.25, -0.2) is 4.39 Å². The number of hydrogen-bond acceptors (Lipinski definition) is 3. The maximum Gasteiger partial charge on any atom is 0.419 e. The van der Waals surface area contributed by atoms with Crippen molar-refractivity contribution in [3.05, 3.63) is 41.7 Å². The lowest BCUT2D eigenvalue weighted by atomic mass is 10.1. The van der Waals surface area contributed by atoms with E-state index in [1.54, 1.807) is 13.1 Å². The summed E-state index contributed by atoms with van der Waals surface area (Å²) in [6, 6.07) is 5.79. The summed E-state index contributed by atoms with van der Waals surface area (Å²) in [4.78, 5) is 0. The van der Waals surface area contributed by atoms with Crippen molar-refractivity contribution in [2.45, 2.75) is 6.18 Å². The Morgan fingerprint density at radius 1 is 1.05 bits per heavy atom. The molecule has 0 radical (unpaired) electrons. The first-order valence-electron chi connectivity index (χ1n) is 5.30. The zero-order valence-electron chi connectivity index (χ0n) is 9.79. The zero-order valence-corrected chi connectivity index (χ0v) is 9.79. The Morgan fingerprint density at radius 2 is 1.79 bits per heavy atom. The summed E-state index contributed by atoms with van der Waals surface area (Å²) in [6.45, 7) is 0. The van der Waals surface area contributed by atoms with Crippen LogP contribution in [0.5, 0.6) is 0 Å². The minimum atomic E-state index is -4.74. The van der Waals surface area contributed by atoms with Gasteiger partial charge in [0.25, 0.3) is 0 Å². The Morgan fingerprint density at radius 3 is 2.32 bits per heavy atom. The maximum atomic E-state index is 13.1. The van der Waals surface area contributed by atoms with Crippen LogP contribution in [0.2, 0.25) is 0 Å². The SMILES string of the molecule is CNc1ccc(-c2ccc(F)c(C(F)(F)F)c2)nn1. The van der Waals surface area contributed by atoms with E-state index in [9.17, 15) is 17.6 Å². The summed E-state index contributed by atoms with van der Waals surface area (Å²) in [5.74, 6) is -0.821. The third-order valence-electron chi connectivity index (χ3n) is 2.49. The number of rotatable bonds is 2. The summed E-state index contributed by atoms with van der Waals surface area (Å²) in [5, 5.41) is 10.3. The first-order valence-corrected chi connectivity index (χ1v) is 5.30. The number of anilines is 1. The Labute approximate surface area is 106 Å². The maximum absolute atomic E-state index is 13.1. The number of benzene rings is 1. The van der Waals surface area contributed by atoms with Gasteiger partial charge in [0.05, 0.1) is 11.3 Å². The highest BCUT2D eigenvalue weighted by Crippen LogP contribution is 2.33. The van der Waals surface area contributed by atoms with Crippen LogP contribution >= 0.6 is 0 Å². The van der Waals surface area contributed by atoms with E-state index >= 15 is 0 Å². The predicted molar refractivity (Wildman–Crippen MR) is 62.0 cm³/mol. The molecule has 0 unspecified atom stereocenters. The third-order valence-corrected chi connectivity index (χ3v) is 2.49. The highest BCUT2D eigenvalue weighted by atomic mass is 19.4. The van der Waals surface area contributed by atoms with Crippen molar-refractivity contribution < 1.29 is 17.6 Å². The van der Waals surface area contributed by atoms with E-state index in [1.165, 1.54) is 12.1 Å². The van der Waals surface area contributed by atoms with Crippen LogP contribution in [-0.2, 0) is 6.18 Å². The van der Waals surface area contributed by atoms with Crippen LogP contribution in [0.25, 0.3) is 11.3 Å². The number of alkyl halides is 3. The second-order valence-corrected chi connectivity index (χ2v) is 3.75. The molecule has 0 spiro atoms. The van der Waals surface area contributed by atoms with E-state index in [0.29, 0.717) is 5.82 Å².